The molecular weight excluding hydrogens is 212 g/mol. The highest BCUT2D eigenvalue weighted by molar-refractivity contribution is 5.28. The van der Waals surface area contributed by atoms with Crippen molar-refractivity contribution in [2.24, 2.45) is 11.7 Å². The lowest BCUT2D eigenvalue weighted by Gasteiger charge is -2.22. The molecule has 0 aliphatic carbocycles. The minimum Gasteiger partial charge on any atom is -0.508 e. The number of nitrogens with two attached hydrogens (primary N) is 1. The largest absolute Gasteiger partial charge is 0.508 e. The van der Waals surface area contributed by atoms with Crippen LogP contribution in [0, 0.1) is 5.92 Å². The average molecular weight is 234 g/mol. The van der Waals surface area contributed by atoms with Crippen LogP contribution >= 0.6 is 0 Å². The Balaban J connectivity index is 2.03. The van der Waals surface area contributed by atoms with Crippen LogP contribution < -0.4 is 11.1 Å². The third-order valence-corrected chi connectivity index (χ3v) is 3.85. The number of nitrogens with one attached hydrogen (secondary N) is 1. The van der Waals surface area contributed by atoms with E-state index in [0.717, 1.165) is 19.4 Å². The molecule has 1 aromatic rings. The predicted molar refractivity (Wildman–Crippen MR) is 69.8 cm³/mol. The van der Waals surface area contributed by atoms with Gasteiger partial charge >= 0.3 is 0 Å². The molecule has 0 spiro atoms. The van der Waals surface area contributed by atoms with Crippen molar-refractivity contribution in [3.63, 3.8) is 0 Å². The van der Waals surface area contributed by atoms with E-state index in [0.29, 0.717) is 17.6 Å². The highest BCUT2D eigenvalue weighted by Crippen LogP contribution is 2.31. The van der Waals surface area contributed by atoms with E-state index in [1.807, 2.05) is 12.1 Å². The minimum atomic E-state index is 0.154. The predicted octanol–water partition coefficient (Wildman–Crippen LogP) is 2.17. The highest BCUT2D eigenvalue weighted by atomic mass is 16.3. The van der Waals surface area contributed by atoms with Gasteiger partial charge in [0.05, 0.1) is 6.17 Å². The Kier molecular flexibility index (Phi) is 4.02. The normalized spacial score (nSPS) is 26.0. The summed E-state index contributed by atoms with van der Waals surface area (Å²) in [5, 5.41) is 12.6. The molecule has 1 heterocycles. The first-order valence-corrected chi connectivity index (χ1v) is 6.48. The summed E-state index contributed by atoms with van der Waals surface area (Å²) in [7, 11) is 0. The molecule has 0 amide bonds. The van der Waals surface area contributed by atoms with Crippen LogP contribution in [0.5, 0.6) is 5.75 Å². The molecule has 94 valence electrons. The molecule has 1 aromatic carbocycles. The summed E-state index contributed by atoms with van der Waals surface area (Å²) in [6.45, 7) is 3.25. The van der Waals surface area contributed by atoms with Crippen LogP contribution in [0.2, 0.25) is 0 Å². The quantitative estimate of drug-likeness (QED) is 0.748. The molecule has 1 fully saturated rings. The number of rotatable bonds is 4. The van der Waals surface area contributed by atoms with E-state index in [2.05, 4.69) is 12.2 Å². The maximum atomic E-state index is 9.31. The van der Waals surface area contributed by atoms with Crippen LogP contribution in [0.4, 0.5) is 0 Å². The summed E-state index contributed by atoms with van der Waals surface area (Å²) in [6.07, 6.45) is 3.58. The van der Waals surface area contributed by atoms with E-state index in [4.69, 9.17) is 5.73 Å². The van der Waals surface area contributed by atoms with Gasteiger partial charge in [0.2, 0.25) is 0 Å². The average Bonchev–Trinajstić information content (AvgIpc) is 2.73. The number of hydrogen-bond donors (Lipinski definition) is 3. The highest BCUT2D eigenvalue weighted by Gasteiger charge is 2.26. The zero-order valence-corrected chi connectivity index (χ0v) is 10.4. The Hall–Kier alpha value is -1.06. The lowest BCUT2D eigenvalue weighted by Crippen LogP contribution is -2.36. The number of phenolic OH excluding ortho intramolecular Hbond substituents is 1. The van der Waals surface area contributed by atoms with E-state index >= 15 is 0 Å². The van der Waals surface area contributed by atoms with Crippen molar-refractivity contribution in [2.45, 2.75) is 38.3 Å². The van der Waals surface area contributed by atoms with Crippen molar-refractivity contribution in [3.8, 4) is 5.75 Å². The van der Waals surface area contributed by atoms with E-state index in [1.165, 1.54) is 12.0 Å². The second kappa shape index (κ2) is 5.52. The summed E-state index contributed by atoms with van der Waals surface area (Å²) >= 11 is 0. The van der Waals surface area contributed by atoms with Crippen LogP contribution in [0.1, 0.15) is 37.7 Å². The summed E-state index contributed by atoms with van der Waals surface area (Å²) in [5.74, 6) is 1.46. The van der Waals surface area contributed by atoms with Gasteiger partial charge in [0.15, 0.2) is 0 Å². The first kappa shape index (κ1) is 12.4. The van der Waals surface area contributed by atoms with Gasteiger partial charge in [-0.2, -0.15) is 0 Å². The topological polar surface area (TPSA) is 58.3 Å². The van der Waals surface area contributed by atoms with Crippen LogP contribution in [0.3, 0.4) is 0 Å². The summed E-state index contributed by atoms with van der Waals surface area (Å²) in [5.41, 5.74) is 7.34. The molecule has 3 atom stereocenters. The Bertz CT molecular complexity index is 350. The van der Waals surface area contributed by atoms with Gasteiger partial charge in [0, 0.05) is 0 Å². The zero-order chi connectivity index (χ0) is 12.3. The van der Waals surface area contributed by atoms with E-state index in [1.54, 1.807) is 12.1 Å². The fraction of sp³-hybridized carbons (Fsp3) is 0.571. The van der Waals surface area contributed by atoms with Crippen LogP contribution in [0.25, 0.3) is 0 Å². The van der Waals surface area contributed by atoms with Crippen molar-refractivity contribution >= 4 is 0 Å². The number of aromatic hydroxyl groups is 1. The standard InChI is InChI=1S/C14H22N2O/c1-2-10(9-12-7-8-16-14(12)15)11-3-5-13(17)6-4-11/h3-6,10,12,14,16-17H,2,7-9,15H2,1H3. The monoisotopic (exact) mass is 234 g/mol. The Morgan fingerprint density at radius 3 is 2.65 bits per heavy atom. The van der Waals surface area contributed by atoms with Gasteiger partial charge in [-0.15, -0.1) is 0 Å². The number of hydrogen-bond acceptors (Lipinski definition) is 3. The molecule has 3 unspecified atom stereocenters. The van der Waals surface area contributed by atoms with Crippen molar-refractivity contribution in [1.29, 1.82) is 0 Å². The molecule has 3 heteroatoms. The van der Waals surface area contributed by atoms with Gasteiger partial charge in [-0.1, -0.05) is 19.1 Å². The first-order valence-electron chi connectivity index (χ1n) is 6.48. The molecule has 17 heavy (non-hydrogen) atoms. The Morgan fingerprint density at radius 2 is 2.12 bits per heavy atom. The van der Waals surface area contributed by atoms with Crippen molar-refractivity contribution in [1.82, 2.24) is 5.32 Å². The van der Waals surface area contributed by atoms with Crippen molar-refractivity contribution in [2.75, 3.05) is 6.54 Å². The lowest BCUT2D eigenvalue weighted by molar-refractivity contribution is 0.387. The number of benzene rings is 1. The summed E-state index contributed by atoms with van der Waals surface area (Å²) in [4.78, 5) is 0. The van der Waals surface area contributed by atoms with Crippen LogP contribution in [-0.4, -0.2) is 17.8 Å². The summed E-state index contributed by atoms with van der Waals surface area (Å²) < 4.78 is 0. The van der Waals surface area contributed by atoms with E-state index in [-0.39, 0.29) is 6.17 Å². The molecule has 4 N–H and O–H groups in total. The second-order valence-corrected chi connectivity index (χ2v) is 4.96. The Morgan fingerprint density at radius 1 is 1.41 bits per heavy atom. The minimum absolute atomic E-state index is 0.154. The van der Waals surface area contributed by atoms with Gasteiger partial charge in [0.25, 0.3) is 0 Å². The smallest absolute Gasteiger partial charge is 0.115 e. The molecule has 0 radical (unpaired) electrons. The maximum absolute atomic E-state index is 9.31. The van der Waals surface area contributed by atoms with Gasteiger partial charge in [-0.25, -0.2) is 0 Å². The fourth-order valence-electron chi connectivity index (χ4n) is 2.70. The van der Waals surface area contributed by atoms with Gasteiger partial charge in [-0.3, -0.25) is 0 Å². The lowest BCUT2D eigenvalue weighted by atomic mass is 9.85. The van der Waals surface area contributed by atoms with Crippen LogP contribution in [0.15, 0.2) is 24.3 Å². The molecule has 1 saturated heterocycles. The van der Waals surface area contributed by atoms with Crippen molar-refractivity contribution < 1.29 is 5.11 Å². The van der Waals surface area contributed by atoms with Crippen molar-refractivity contribution in [3.05, 3.63) is 29.8 Å². The van der Waals surface area contributed by atoms with Gasteiger partial charge in [0.1, 0.15) is 5.75 Å². The zero-order valence-electron chi connectivity index (χ0n) is 10.4. The molecule has 1 aliphatic rings. The molecule has 1 aliphatic heterocycles. The van der Waals surface area contributed by atoms with E-state index < -0.39 is 0 Å². The first-order chi connectivity index (χ1) is 8.20. The number of phenols is 1. The molecule has 3 nitrogen and oxygen atoms in total. The molecule has 0 saturated carbocycles. The second-order valence-electron chi connectivity index (χ2n) is 4.96. The third-order valence-electron chi connectivity index (χ3n) is 3.85. The summed E-state index contributed by atoms with van der Waals surface area (Å²) in [6, 6.07) is 7.59. The van der Waals surface area contributed by atoms with Gasteiger partial charge < -0.3 is 16.2 Å². The third kappa shape index (κ3) is 2.99. The van der Waals surface area contributed by atoms with Gasteiger partial charge in [-0.05, 0) is 55.3 Å². The molecule has 2 rings (SSSR count). The SMILES string of the molecule is CCC(CC1CCNC1N)c1ccc(O)cc1. The van der Waals surface area contributed by atoms with E-state index in [9.17, 15) is 5.11 Å². The molecular formula is C14H22N2O. The molecule has 0 bridgehead atoms. The Labute approximate surface area is 103 Å². The molecule has 0 aromatic heterocycles. The fourth-order valence-corrected chi connectivity index (χ4v) is 2.70. The van der Waals surface area contributed by atoms with Crippen LogP contribution in [-0.2, 0) is 0 Å². The maximum Gasteiger partial charge on any atom is 0.115 e.